The van der Waals surface area contributed by atoms with Crippen molar-refractivity contribution in [2.75, 3.05) is 6.54 Å². The molecule has 1 rings (SSSR count). The summed E-state index contributed by atoms with van der Waals surface area (Å²) in [6.45, 7) is -0.306. The number of nitrogens with zero attached hydrogens (tertiary/aromatic N) is 1. The van der Waals surface area contributed by atoms with E-state index in [1.165, 1.54) is 6.21 Å². The van der Waals surface area contributed by atoms with Gasteiger partial charge in [-0.2, -0.15) is 13.2 Å². The Kier molecular flexibility index (Phi) is 1.64. The topological polar surface area (TPSA) is 12.4 Å². The van der Waals surface area contributed by atoms with E-state index in [4.69, 9.17) is 0 Å². The van der Waals surface area contributed by atoms with E-state index < -0.39 is 11.7 Å². The Bertz CT molecular complexity index is 218. The Morgan fingerprint density at radius 2 is 2.20 bits per heavy atom. The molecule has 1 aliphatic rings. The Morgan fingerprint density at radius 1 is 1.50 bits per heavy atom. The molecule has 1 heterocycles. The normalized spacial score (nSPS) is 17.3. The van der Waals surface area contributed by atoms with Gasteiger partial charge in [-0.3, -0.25) is 4.99 Å². The molecule has 0 atom stereocenters. The van der Waals surface area contributed by atoms with E-state index in [1.807, 2.05) is 0 Å². The van der Waals surface area contributed by atoms with E-state index in [0.717, 1.165) is 6.08 Å². The number of hydrogen-bond acceptors (Lipinski definition) is 1. The molecule has 54 valence electrons. The molecule has 0 radical (unpaired) electrons. The van der Waals surface area contributed by atoms with Crippen LogP contribution in [0.3, 0.4) is 0 Å². The lowest BCUT2D eigenvalue weighted by molar-refractivity contribution is -0.0919. The quantitative estimate of drug-likeness (QED) is 0.462. The van der Waals surface area contributed by atoms with E-state index in [2.05, 4.69) is 10.7 Å². The first-order chi connectivity index (χ1) is 4.61. The zero-order chi connectivity index (χ0) is 7.61. The van der Waals surface area contributed by atoms with Gasteiger partial charge < -0.3 is 0 Å². The summed E-state index contributed by atoms with van der Waals surface area (Å²) in [6.07, 6.45) is -1.81. The Balaban J connectivity index is 2.86. The molecule has 4 heteroatoms. The van der Waals surface area contributed by atoms with Crippen molar-refractivity contribution in [3.8, 4) is 0 Å². The van der Waals surface area contributed by atoms with Crippen LogP contribution < -0.4 is 0 Å². The van der Waals surface area contributed by atoms with Gasteiger partial charge in [0, 0.05) is 6.21 Å². The van der Waals surface area contributed by atoms with Crippen molar-refractivity contribution in [3.05, 3.63) is 17.4 Å². The molecule has 0 unspecified atom stereocenters. The van der Waals surface area contributed by atoms with E-state index in [-0.39, 0.29) is 6.54 Å². The fraction of sp³-hybridized carbons (Fsp3) is 0.333. The fourth-order valence-corrected chi connectivity index (χ4v) is 0.552. The second-order valence-electron chi connectivity index (χ2n) is 1.78. The van der Waals surface area contributed by atoms with Crippen LogP contribution in [-0.4, -0.2) is 18.9 Å². The number of hydrogen-bond donors (Lipinski definition) is 0. The van der Waals surface area contributed by atoms with E-state index in [9.17, 15) is 13.2 Å². The average Bonchev–Trinajstić information content (AvgIpc) is 1.88. The summed E-state index contributed by atoms with van der Waals surface area (Å²) < 4.78 is 35.2. The van der Waals surface area contributed by atoms with Gasteiger partial charge in [-0.05, 0) is 6.08 Å². The standard InChI is InChI=1S/C6H4F3N/c7-6(8,9)5-2-1-3-10-4-5/h1,3H,4H2. The molecule has 0 N–H and O–H groups in total. The second-order valence-corrected chi connectivity index (χ2v) is 1.78. The molecule has 1 nitrogen and oxygen atoms in total. The summed E-state index contributed by atoms with van der Waals surface area (Å²) in [5.74, 6) is 0. The van der Waals surface area contributed by atoms with Crippen molar-refractivity contribution >= 4 is 6.21 Å². The predicted octanol–water partition coefficient (Wildman–Crippen LogP) is 1.71. The van der Waals surface area contributed by atoms with Crippen molar-refractivity contribution in [2.24, 2.45) is 4.99 Å². The highest BCUT2D eigenvalue weighted by Crippen LogP contribution is 2.25. The number of rotatable bonds is 0. The third-order valence-corrected chi connectivity index (χ3v) is 1.03. The van der Waals surface area contributed by atoms with Gasteiger partial charge in [0.05, 0.1) is 12.1 Å². The third kappa shape index (κ3) is 1.48. The second kappa shape index (κ2) is 2.31. The lowest BCUT2D eigenvalue weighted by atomic mass is 10.2. The number of halogens is 3. The van der Waals surface area contributed by atoms with Gasteiger partial charge in [0.25, 0.3) is 0 Å². The Hall–Kier alpha value is -1.02. The van der Waals surface area contributed by atoms with Gasteiger partial charge in [0.2, 0.25) is 0 Å². The summed E-state index contributed by atoms with van der Waals surface area (Å²) in [6, 6.07) is 0. The van der Waals surface area contributed by atoms with Gasteiger partial charge in [0.1, 0.15) is 0 Å². The zero-order valence-electron chi connectivity index (χ0n) is 4.94. The molecule has 0 amide bonds. The average molecular weight is 147 g/mol. The minimum absolute atomic E-state index is 0.306. The van der Waals surface area contributed by atoms with E-state index in [0.29, 0.717) is 0 Å². The lowest BCUT2D eigenvalue weighted by Gasteiger charge is -2.06. The molecule has 1 aliphatic heterocycles. The molecule has 0 saturated carbocycles. The molecular formula is C6H4F3N. The summed E-state index contributed by atoms with van der Waals surface area (Å²) >= 11 is 0. The van der Waals surface area contributed by atoms with E-state index in [1.54, 1.807) is 0 Å². The highest BCUT2D eigenvalue weighted by molar-refractivity contribution is 5.72. The molecule has 0 aromatic carbocycles. The maximum Gasteiger partial charge on any atom is 0.421 e. The zero-order valence-corrected chi connectivity index (χ0v) is 4.94. The first-order valence-corrected chi connectivity index (χ1v) is 2.62. The Labute approximate surface area is 55.6 Å². The highest BCUT2D eigenvalue weighted by atomic mass is 19.4. The maximum atomic E-state index is 11.7. The van der Waals surface area contributed by atoms with Crippen LogP contribution in [-0.2, 0) is 0 Å². The molecule has 0 spiro atoms. The van der Waals surface area contributed by atoms with Crippen LogP contribution in [0.4, 0.5) is 13.2 Å². The molecular weight excluding hydrogens is 143 g/mol. The van der Waals surface area contributed by atoms with Crippen LogP contribution in [0.2, 0.25) is 0 Å². The summed E-state index contributed by atoms with van der Waals surface area (Å²) in [4.78, 5) is 3.42. The molecule has 0 aliphatic carbocycles. The van der Waals surface area contributed by atoms with Crippen LogP contribution in [0.5, 0.6) is 0 Å². The van der Waals surface area contributed by atoms with Crippen molar-refractivity contribution in [1.29, 1.82) is 0 Å². The maximum absolute atomic E-state index is 11.7. The molecule has 0 fully saturated rings. The molecule has 0 bridgehead atoms. The largest absolute Gasteiger partial charge is 0.421 e. The summed E-state index contributed by atoms with van der Waals surface area (Å²) in [7, 11) is 0. The summed E-state index contributed by atoms with van der Waals surface area (Å²) in [5.41, 5.74) is 1.36. The third-order valence-electron chi connectivity index (χ3n) is 1.03. The molecule has 0 aromatic heterocycles. The van der Waals surface area contributed by atoms with Crippen LogP contribution in [0.1, 0.15) is 0 Å². The smallest absolute Gasteiger partial charge is 0.287 e. The predicted molar refractivity (Wildman–Crippen MR) is 31.0 cm³/mol. The molecule has 0 saturated heterocycles. The minimum atomic E-state index is -4.27. The lowest BCUT2D eigenvalue weighted by Crippen LogP contribution is -2.14. The first-order valence-electron chi connectivity index (χ1n) is 2.62. The molecule has 10 heavy (non-hydrogen) atoms. The van der Waals surface area contributed by atoms with Crippen LogP contribution >= 0.6 is 0 Å². The Morgan fingerprint density at radius 3 is 2.50 bits per heavy atom. The van der Waals surface area contributed by atoms with Crippen molar-refractivity contribution in [1.82, 2.24) is 0 Å². The van der Waals surface area contributed by atoms with Crippen molar-refractivity contribution < 1.29 is 13.2 Å². The first kappa shape index (κ1) is 7.09. The van der Waals surface area contributed by atoms with Gasteiger partial charge >= 0.3 is 6.18 Å². The number of alkyl halides is 3. The number of aliphatic imine (C=N–C) groups is 1. The van der Waals surface area contributed by atoms with Crippen LogP contribution in [0, 0.1) is 0 Å². The highest BCUT2D eigenvalue weighted by Gasteiger charge is 2.33. The van der Waals surface area contributed by atoms with Crippen molar-refractivity contribution in [2.45, 2.75) is 6.18 Å². The van der Waals surface area contributed by atoms with Crippen LogP contribution in [0.25, 0.3) is 0 Å². The summed E-state index contributed by atoms with van der Waals surface area (Å²) in [5, 5.41) is 0. The van der Waals surface area contributed by atoms with Gasteiger partial charge in [-0.25, -0.2) is 0 Å². The van der Waals surface area contributed by atoms with Crippen LogP contribution in [0.15, 0.2) is 22.4 Å². The SMILES string of the molecule is FC(F)(F)C1=C=CC=NC1. The fourth-order valence-electron chi connectivity index (χ4n) is 0.552. The minimum Gasteiger partial charge on any atom is -0.287 e. The van der Waals surface area contributed by atoms with E-state index >= 15 is 0 Å². The van der Waals surface area contributed by atoms with Gasteiger partial charge in [-0.1, -0.05) is 0 Å². The monoisotopic (exact) mass is 147 g/mol. The van der Waals surface area contributed by atoms with Crippen molar-refractivity contribution in [3.63, 3.8) is 0 Å². The van der Waals surface area contributed by atoms with Gasteiger partial charge in [0.15, 0.2) is 0 Å². The van der Waals surface area contributed by atoms with Gasteiger partial charge in [-0.15, -0.1) is 5.73 Å². The molecule has 0 aromatic rings.